The first kappa shape index (κ1) is 33.1. The first-order valence-corrected chi connectivity index (χ1v) is 15.9. The van der Waals surface area contributed by atoms with E-state index in [4.69, 9.17) is 14.2 Å². The molecule has 3 N–H and O–H groups in total. The molecular weight excluding hydrogens is 580 g/mol. The van der Waals surface area contributed by atoms with Gasteiger partial charge in [-0.2, -0.15) is 0 Å². The zero-order valence-electron chi connectivity index (χ0n) is 24.6. The van der Waals surface area contributed by atoms with Gasteiger partial charge in [0, 0.05) is 17.4 Å². The average Bonchev–Trinajstić information content (AvgIpc) is 3.20. The molecule has 2 aromatic rings. The van der Waals surface area contributed by atoms with Gasteiger partial charge >= 0.3 is 24.1 Å². The summed E-state index contributed by atoms with van der Waals surface area (Å²) in [5.41, 5.74) is 2.74. The van der Waals surface area contributed by atoms with Crippen LogP contribution < -0.4 is 10.6 Å². The highest BCUT2D eigenvalue weighted by molar-refractivity contribution is 8.76. The maximum absolute atomic E-state index is 12.7. The molecule has 0 aliphatic heterocycles. The van der Waals surface area contributed by atoms with Crippen LogP contribution in [0.1, 0.15) is 58.6 Å². The predicted octanol–water partition coefficient (Wildman–Crippen LogP) is 5.59. The lowest BCUT2D eigenvalue weighted by Crippen LogP contribution is -2.47. The number of carboxylic acid groups (broad SMARTS) is 1. The van der Waals surface area contributed by atoms with Crippen molar-refractivity contribution in [3.8, 4) is 11.1 Å². The summed E-state index contributed by atoms with van der Waals surface area (Å²) in [7, 11) is 2.28. The fourth-order valence-electron chi connectivity index (χ4n) is 4.18. The average molecular weight is 619 g/mol. The van der Waals surface area contributed by atoms with E-state index in [1.807, 2.05) is 48.5 Å². The lowest BCUT2D eigenvalue weighted by Gasteiger charge is -2.26. The minimum Gasteiger partial charge on any atom is -0.480 e. The van der Waals surface area contributed by atoms with Gasteiger partial charge in [-0.15, -0.1) is 0 Å². The van der Waals surface area contributed by atoms with Crippen LogP contribution >= 0.6 is 21.6 Å². The summed E-state index contributed by atoms with van der Waals surface area (Å²) in [5.74, 6) is -1.97. The van der Waals surface area contributed by atoms with E-state index in [9.17, 15) is 24.3 Å². The Kier molecular flexibility index (Phi) is 11.2. The van der Waals surface area contributed by atoms with E-state index in [1.54, 1.807) is 41.5 Å². The van der Waals surface area contributed by atoms with E-state index in [-0.39, 0.29) is 24.0 Å². The van der Waals surface area contributed by atoms with Gasteiger partial charge < -0.3 is 30.0 Å². The Balaban J connectivity index is 1.53. The van der Waals surface area contributed by atoms with Crippen molar-refractivity contribution in [1.29, 1.82) is 0 Å². The highest BCUT2D eigenvalue weighted by Crippen LogP contribution is 2.44. The molecule has 0 bridgehead atoms. The van der Waals surface area contributed by atoms with Crippen molar-refractivity contribution in [2.24, 2.45) is 0 Å². The number of alkyl carbamates (subject to hydrolysis) is 2. The molecular formula is C30H38N2O8S2. The number of esters is 1. The molecule has 0 fully saturated rings. The number of hydrogen-bond acceptors (Lipinski definition) is 9. The molecule has 0 radical (unpaired) electrons. The number of aliphatic carboxylic acids is 1. The molecule has 0 saturated carbocycles. The number of hydrogen-bond donors (Lipinski definition) is 3. The molecule has 0 saturated heterocycles. The van der Waals surface area contributed by atoms with E-state index in [0.717, 1.165) is 43.8 Å². The fourth-order valence-corrected chi connectivity index (χ4v) is 6.48. The van der Waals surface area contributed by atoms with Crippen LogP contribution in [0.3, 0.4) is 0 Å². The van der Waals surface area contributed by atoms with Crippen molar-refractivity contribution in [1.82, 2.24) is 10.6 Å². The number of carbonyl (C=O) groups excluding carboxylic acids is 3. The van der Waals surface area contributed by atoms with Crippen molar-refractivity contribution >= 4 is 45.7 Å². The molecule has 12 heteroatoms. The van der Waals surface area contributed by atoms with Crippen LogP contribution in [0.4, 0.5) is 9.59 Å². The van der Waals surface area contributed by atoms with E-state index in [0.29, 0.717) is 0 Å². The van der Waals surface area contributed by atoms with Crippen molar-refractivity contribution in [2.75, 3.05) is 18.1 Å². The van der Waals surface area contributed by atoms with Gasteiger partial charge in [0.15, 0.2) is 0 Å². The highest BCUT2D eigenvalue weighted by Gasteiger charge is 2.31. The minimum absolute atomic E-state index is 0.0162. The lowest BCUT2D eigenvalue weighted by molar-refractivity contribution is -0.156. The van der Waals surface area contributed by atoms with Gasteiger partial charge in [-0.3, -0.25) is 0 Å². The summed E-state index contributed by atoms with van der Waals surface area (Å²) in [4.78, 5) is 49.4. The molecule has 0 spiro atoms. The van der Waals surface area contributed by atoms with Gasteiger partial charge in [0.1, 0.15) is 29.9 Å². The second-order valence-electron chi connectivity index (χ2n) is 11.7. The summed E-state index contributed by atoms with van der Waals surface area (Å²) in [5, 5.41) is 14.6. The van der Waals surface area contributed by atoms with Crippen LogP contribution in [0.25, 0.3) is 11.1 Å². The highest BCUT2D eigenvalue weighted by atomic mass is 33.1. The SMILES string of the molecule is CC(C)(C)OC(=O)N[C@@H](CSSC[C@H](NC(=O)OCC1c2ccccc2-c2ccccc21)C(=O)O)C(=O)OC(C)(C)C. The van der Waals surface area contributed by atoms with Crippen molar-refractivity contribution in [2.45, 2.75) is 70.7 Å². The number of rotatable bonds is 11. The second-order valence-corrected chi connectivity index (χ2v) is 14.2. The summed E-state index contributed by atoms with van der Waals surface area (Å²) in [6.45, 7) is 10.3. The Bertz CT molecular complexity index is 1240. The van der Waals surface area contributed by atoms with Gasteiger partial charge in [-0.25, -0.2) is 19.2 Å². The maximum Gasteiger partial charge on any atom is 0.408 e. The van der Waals surface area contributed by atoms with E-state index < -0.39 is 47.4 Å². The van der Waals surface area contributed by atoms with Crippen LogP contribution in [0.5, 0.6) is 0 Å². The molecule has 1 aliphatic carbocycles. The number of carbonyl (C=O) groups is 4. The van der Waals surface area contributed by atoms with E-state index in [2.05, 4.69) is 10.6 Å². The van der Waals surface area contributed by atoms with E-state index in [1.165, 1.54) is 0 Å². The maximum atomic E-state index is 12.7. The lowest BCUT2D eigenvalue weighted by atomic mass is 9.98. The van der Waals surface area contributed by atoms with Gasteiger partial charge in [0.05, 0.1) is 0 Å². The molecule has 2 aromatic carbocycles. The Morgan fingerprint density at radius 1 is 0.762 bits per heavy atom. The molecule has 1 aliphatic rings. The van der Waals surface area contributed by atoms with Crippen LogP contribution in [0.2, 0.25) is 0 Å². The van der Waals surface area contributed by atoms with Crippen molar-refractivity contribution in [3.63, 3.8) is 0 Å². The Labute approximate surface area is 254 Å². The monoisotopic (exact) mass is 618 g/mol. The van der Waals surface area contributed by atoms with Crippen LogP contribution in [0.15, 0.2) is 48.5 Å². The third kappa shape index (κ3) is 9.87. The number of benzene rings is 2. The molecule has 3 rings (SSSR count). The summed E-state index contributed by atoms with van der Waals surface area (Å²) in [6, 6.07) is 13.6. The number of ether oxygens (including phenoxy) is 3. The summed E-state index contributed by atoms with van der Waals surface area (Å²) >= 11 is 0. The van der Waals surface area contributed by atoms with Gasteiger partial charge in [-0.05, 0) is 63.8 Å². The number of amides is 2. The number of carboxylic acids is 1. The molecule has 0 aromatic heterocycles. The van der Waals surface area contributed by atoms with Crippen LogP contribution in [-0.2, 0) is 23.8 Å². The summed E-state index contributed by atoms with van der Waals surface area (Å²) in [6.07, 6.45) is -1.61. The third-order valence-electron chi connectivity index (χ3n) is 5.87. The molecule has 2 amide bonds. The molecule has 0 unspecified atom stereocenters. The van der Waals surface area contributed by atoms with Gasteiger partial charge in [-0.1, -0.05) is 70.1 Å². The largest absolute Gasteiger partial charge is 0.480 e. The van der Waals surface area contributed by atoms with Crippen LogP contribution in [-0.4, -0.2) is 70.6 Å². The molecule has 10 nitrogen and oxygen atoms in total. The Morgan fingerprint density at radius 2 is 1.24 bits per heavy atom. The Morgan fingerprint density at radius 3 is 1.74 bits per heavy atom. The first-order valence-electron chi connectivity index (χ1n) is 13.5. The van der Waals surface area contributed by atoms with Crippen molar-refractivity contribution in [3.05, 3.63) is 59.7 Å². The topological polar surface area (TPSA) is 140 Å². The molecule has 0 heterocycles. The van der Waals surface area contributed by atoms with E-state index >= 15 is 0 Å². The first-order chi connectivity index (χ1) is 19.6. The van der Waals surface area contributed by atoms with Crippen LogP contribution in [0, 0.1) is 0 Å². The predicted molar refractivity (Wildman–Crippen MR) is 164 cm³/mol. The second kappa shape index (κ2) is 14.2. The third-order valence-corrected chi connectivity index (χ3v) is 8.29. The normalized spacial score (nSPS) is 14.1. The van der Waals surface area contributed by atoms with Crippen molar-refractivity contribution < 1.29 is 38.5 Å². The molecule has 42 heavy (non-hydrogen) atoms. The zero-order valence-corrected chi connectivity index (χ0v) is 26.2. The minimum atomic E-state index is -1.24. The quantitative estimate of drug-likeness (QED) is 0.126. The standard InChI is InChI=1S/C30H38N2O8S2/c1-29(2,3)39-26(35)24(32-28(37)40-30(4,5)6)17-42-41-16-23(25(33)34)31-27(36)38-15-22-20-13-9-7-11-18(20)19-12-8-10-14-21(19)22/h7-14,22-24H,15-17H2,1-6H3,(H,31,36)(H,32,37)(H,33,34)/t23-,24-/m0/s1. The summed E-state index contributed by atoms with van der Waals surface area (Å²) < 4.78 is 16.1. The zero-order chi connectivity index (χ0) is 31.1. The number of fused-ring (bicyclic) bond motifs is 3. The number of nitrogens with one attached hydrogen (secondary N) is 2. The Hall–Kier alpha value is -3.38. The molecule has 228 valence electrons. The van der Waals surface area contributed by atoms with Gasteiger partial charge in [0.2, 0.25) is 0 Å². The smallest absolute Gasteiger partial charge is 0.408 e. The molecule has 2 atom stereocenters. The fraction of sp³-hybridized carbons (Fsp3) is 0.467. The van der Waals surface area contributed by atoms with Gasteiger partial charge in [0.25, 0.3) is 0 Å².